The minimum Gasteiger partial charge on any atom is -0.454 e. The van der Waals surface area contributed by atoms with Crippen LogP contribution in [0.1, 0.15) is 37.0 Å². The molecule has 22 nitrogen and oxygen atoms in total. The molecule has 0 bridgehead atoms. The predicted octanol–water partition coefficient (Wildman–Crippen LogP) is 13.9. The number of aryl methyl sites for hydroxylation is 3. The molecule has 1 aliphatic rings. The van der Waals surface area contributed by atoms with E-state index in [0.29, 0.717) is 41.3 Å². The number of benzene rings is 4. The van der Waals surface area contributed by atoms with Crippen molar-refractivity contribution in [3.05, 3.63) is 185 Å². The van der Waals surface area contributed by atoms with E-state index in [1.807, 2.05) is 147 Å². The fourth-order valence-corrected chi connectivity index (χ4v) is 11.0. The molecule has 0 atom stereocenters. The quantitative estimate of drug-likeness (QED) is 0.0876. The van der Waals surface area contributed by atoms with Crippen LogP contribution in [0.15, 0.2) is 143 Å². The summed E-state index contributed by atoms with van der Waals surface area (Å²) in [6, 6.07) is 41.3. The Bertz CT molecular complexity index is 4860. The Morgan fingerprint density at radius 2 is 1.39 bits per heavy atom. The normalized spacial score (nSPS) is 11.3. The molecule has 0 saturated carbocycles. The van der Waals surface area contributed by atoms with Gasteiger partial charge < -0.3 is 18.5 Å². The van der Waals surface area contributed by atoms with E-state index >= 15 is 0 Å². The van der Waals surface area contributed by atoms with Gasteiger partial charge >= 0.3 is 0 Å². The van der Waals surface area contributed by atoms with E-state index in [1.165, 1.54) is 4.70 Å². The van der Waals surface area contributed by atoms with Crippen LogP contribution in [0.2, 0.25) is 0 Å². The molecule has 11 heterocycles. The molecular formula is C53H47N19O3S8. The number of nitrogens with one attached hydrogen (secondary N) is 6. The van der Waals surface area contributed by atoms with Crippen molar-refractivity contribution in [2.24, 2.45) is 7.05 Å². The number of ether oxygens (including phenoxy) is 2. The highest BCUT2D eigenvalue weighted by molar-refractivity contribution is 7.72. The van der Waals surface area contributed by atoms with Crippen molar-refractivity contribution in [1.82, 2.24) is 93.9 Å². The van der Waals surface area contributed by atoms with Crippen LogP contribution in [0.4, 0.5) is 0 Å². The van der Waals surface area contributed by atoms with Crippen LogP contribution in [-0.2, 0) is 7.05 Å². The van der Waals surface area contributed by atoms with Gasteiger partial charge in [0.15, 0.2) is 17.3 Å². The summed E-state index contributed by atoms with van der Waals surface area (Å²) in [7, 11) is 1.98. The lowest BCUT2D eigenvalue weighted by Gasteiger charge is -2.08. The van der Waals surface area contributed by atoms with Gasteiger partial charge in [-0.25, -0.2) is 29.5 Å². The number of fused-ring (bicyclic) bond motifs is 7. The molecule has 15 rings (SSSR count). The second kappa shape index (κ2) is 26.1. The van der Waals surface area contributed by atoms with Crippen molar-refractivity contribution in [3.8, 4) is 45.0 Å². The van der Waals surface area contributed by atoms with Gasteiger partial charge in [-0.2, -0.15) is 15.3 Å². The average molecular weight is 1250 g/mol. The second-order valence-electron chi connectivity index (χ2n) is 17.9. The van der Waals surface area contributed by atoms with E-state index < -0.39 is 0 Å². The van der Waals surface area contributed by atoms with Gasteiger partial charge in [-0.1, -0.05) is 85.9 Å². The first kappa shape index (κ1) is 57.6. The molecule has 4 aromatic carbocycles. The highest BCUT2D eigenvalue weighted by Crippen LogP contribution is 2.35. The third-order valence-electron chi connectivity index (χ3n) is 11.9. The molecule has 0 amide bonds. The van der Waals surface area contributed by atoms with Gasteiger partial charge in [0.2, 0.25) is 42.5 Å². The van der Waals surface area contributed by atoms with Gasteiger partial charge in [-0.05, 0) is 159 Å². The van der Waals surface area contributed by atoms with Crippen LogP contribution in [0.25, 0.3) is 65.5 Å². The first-order valence-corrected chi connectivity index (χ1v) is 29.0. The summed E-state index contributed by atoms with van der Waals surface area (Å²) in [4.78, 5) is 10.7. The van der Waals surface area contributed by atoms with Gasteiger partial charge in [-0.3, -0.25) is 29.2 Å². The summed E-state index contributed by atoms with van der Waals surface area (Å²) in [5.41, 5.74) is 8.07. The maximum atomic E-state index is 5.24. The number of rotatable bonds is 5. The standard InChI is InChI=1S/C11H13N3S.C9H8N4S.C9H10N4S.C9H6N2O3S.C8H5N3S2.C7H5N3S2/c1-8(2)10-12-11(15)13-14(10)9-6-4-3-5-7-9;1-12-6-4-2-3-5-7(6)13-8(12)10-11-9(13)14;1-6-5-7(2)13(12-6)8-3-4-9(14)11-10-8;15-9-11-10-8(14-9)5-1-2-6-7(3-5)13-4-12-6;12-7-9-10-8-11(7)5-3-1-2-4-6(5)13-8;11-7-9-5(4-8-10-7)6-2-1-3-12-6/h3-8H,1-2H3,(H,13,15);2-5H,1H3,(H,11,14);3-5H,1-2H3,(H,11,14);1-3H,4H2,(H,11,15);1-4H,(H,9,12);1-4H,(H,9,10,11). The smallest absolute Gasteiger partial charge is 0.284 e. The molecule has 1 aliphatic heterocycles. The highest BCUT2D eigenvalue weighted by atomic mass is 32.1. The van der Waals surface area contributed by atoms with E-state index in [9.17, 15) is 0 Å². The number of H-pyrrole nitrogens is 6. The number of aromatic amines is 6. The van der Waals surface area contributed by atoms with E-state index in [4.69, 9.17) is 87.2 Å². The van der Waals surface area contributed by atoms with Crippen molar-refractivity contribution in [2.75, 3.05) is 6.79 Å². The number of imidazole rings is 1. The Labute approximate surface area is 509 Å². The molecule has 0 saturated heterocycles. The summed E-state index contributed by atoms with van der Waals surface area (Å²) < 4.78 is 29.3. The third kappa shape index (κ3) is 13.5. The minimum atomic E-state index is 0.252. The van der Waals surface area contributed by atoms with Gasteiger partial charge in [0.1, 0.15) is 16.2 Å². The Balaban J connectivity index is 0.000000111. The lowest BCUT2D eigenvalue weighted by Crippen LogP contribution is -2.04. The van der Waals surface area contributed by atoms with Crippen LogP contribution in [0.5, 0.6) is 11.5 Å². The largest absolute Gasteiger partial charge is 0.454 e. The minimum absolute atomic E-state index is 0.252. The lowest BCUT2D eigenvalue weighted by molar-refractivity contribution is 0.174. The van der Waals surface area contributed by atoms with Crippen molar-refractivity contribution in [2.45, 2.75) is 33.6 Å². The Morgan fingerprint density at radius 3 is 2.08 bits per heavy atom. The molecular weight excluding hydrogens is 1210 g/mol. The van der Waals surface area contributed by atoms with E-state index in [2.05, 4.69) is 97.1 Å². The fourth-order valence-electron chi connectivity index (χ4n) is 8.21. The van der Waals surface area contributed by atoms with Crippen molar-refractivity contribution in [3.63, 3.8) is 0 Å². The Hall–Kier alpha value is -8.62. The molecule has 0 spiro atoms. The van der Waals surface area contributed by atoms with E-state index in [1.54, 1.807) is 45.7 Å². The number of nitrogens with zero attached hydrogens (tertiary/aromatic N) is 13. The van der Waals surface area contributed by atoms with Gasteiger partial charge in [0.25, 0.3) is 4.84 Å². The van der Waals surface area contributed by atoms with Crippen LogP contribution in [0.3, 0.4) is 0 Å². The number of hydrogen-bond acceptors (Lipinski definition) is 19. The number of thiophene rings is 1. The summed E-state index contributed by atoms with van der Waals surface area (Å²) in [5.74, 6) is 4.77. The van der Waals surface area contributed by atoms with Crippen LogP contribution in [0, 0.1) is 42.4 Å². The van der Waals surface area contributed by atoms with E-state index in [0.717, 1.165) is 77.9 Å². The Kier molecular flexibility index (Phi) is 18.1. The fraction of sp³-hybridized carbons (Fsp3) is 0.132. The van der Waals surface area contributed by atoms with Crippen LogP contribution >= 0.6 is 96.0 Å². The molecule has 6 N–H and O–H groups in total. The van der Waals surface area contributed by atoms with Crippen molar-refractivity contribution < 1.29 is 13.9 Å². The summed E-state index contributed by atoms with van der Waals surface area (Å²) in [6.07, 6.45) is 1.67. The molecule has 0 unspecified atom stereocenters. The van der Waals surface area contributed by atoms with Gasteiger partial charge in [-0.15, -0.1) is 26.6 Å². The second-order valence-corrected chi connectivity index (χ2v) is 22.2. The molecule has 420 valence electrons. The zero-order valence-electron chi connectivity index (χ0n) is 44.4. The van der Waals surface area contributed by atoms with Crippen molar-refractivity contribution in [1.29, 1.82) is 0 Å². The Morgan fingerprint density at radius 1 is 0.651 bits per heavy atom. The highest BCUT2D eigenvalue weighted by Gasteiger charge is 2.16. The molecule has 30 heteroatoms. The molecule has 0 radical (unpaired) electrons. The number of thiazole rings is 1. The number of para-hydroxylation sites is 4. The topological polar surface area (TPSA) is 253 Å². The van der Waals surface area contributed by atoms with Crippen LogP contribution < -0.4 is 9.47 Å². The first-order chi connectivity index (χ1) is 40.2. The van der Waals surface area contributed by atoms with Gasteiger partial charge in [0, 0.05) is 24.2 Å². The molecule has 10 aromatic heterocycles. The van der Waals surface area contributed by atoms with Gasteiger partial charge in [0.05, 0.1) is 43.7 Å². The molecule has 14 aromatic rings. The van der Waals surface area contributed by atoms with E-state index in [-0.39, 0.29) is 11.6 Å². The first-order valence-electron chi connectivity index (χ1n) is 24.9. The summed E-state index contributed by atoms with van der Waals surface area (Å²) in [5, 5.41) is 43.0. The predicted molar refractivity (Wildman–Crippen MR) is 335 cm³/mol. The summed E-state index contributed by atoms with van der Waals surface area (Å²) in [6.45, 7) is 8.40. The number of aromatic nitrogens is 19. The number of hydrogen-bond donors (Lipinski definition) is 6. The average Bonchev–Trinajstić information content (AvgIpc) is 4.41. The monoisotopic (exact) mass is 1250 g/mol. The molecule has 0 fully saturated rings. The zero-order valence-corrected chi connectivity index (χ0v) is 50.9. The maximum Gasteiger partial charge on any atom is 0.284 e. The summed E-state index contributed by atoms with van der Waals surface area (Å²) >= 11 is 33.1. The molecule has 83 heavy (non-hydrogen) atoms. The van der Waals surface area contributed by atoms with Crippen LogP contribution in [-0.4, -0.2) is 101 Å². The zero-order chi connectivity index (χ0) is 58.1. The maximum absolute atomic E-state index is 5.24. The third-order valence-corrected chi connectivity index (χ3v) is 15.1. The lowest BCUT2D eigenvalue weighted by atomic mass is 10.2. The SMILES string of the molecule is CC(C)c1nc(=S)[nH]n1-c1ccccc1.Cc1cc(C)n(-c2ccc(=S)[nH]n2)n1.Cn1c2ccccc2n2c(=S)[nH]nc12.S=c1[nH]nc(-c2ccc3c(c2)OCO3)o1.S=c1[nH]nc2sc3ccccc3n12.S=c1nc(-c2cccs2)cn[nH]1. The van der Waals surface area contributed by atoms with Crippen molar-refractivity contribution >= 4 is 128 Å². The molecule has 0 aliphatic carbocycles.